The van der Waals surface area contributed by atoms with Gasteiger partial charge in [-0.15, -0.1) is 0 Å². The lowest BCUT2D eigenvalue weighted by molar-refractivity contribution is 0.187. The van der Waals surface area contributed by atoms with Gasteiger partial charge in [-0.25, -0.2) is 0 Å². The fourth-order valence-electron chi connectivity index (χ4n) is 3.83. The molecule has 1 aromatic rings. The zero-order valence-corrected chi connectivity index (χ0v) is 13.4. The Labute approximate surface area is 124 Å². The summed E-state index contributed by atoms with van der Waals surface area (Å²) in [6.07, 6.45) is 13.6. The second kappa shape index (κ2) is 7.82. The normalized spacial score (nSPS) is 26.9. The van der Waals surface area contributed by atoms with E-state index >= 15 is 0 Å². The monoisotopic (exact) mass is 277 g/mol. The maximum absolute atomic E-state index is 4.28. The van der Waals surface area contributed by atoms with E-state index in [1.54, 1.807) is 0 Å². The molecule has 1 aliphatic carbocycles. The standard InChI is InChI=1S/C17H31N3/c1-4-6-14-8-10-17(18-5-2)16(11-14)9-7-15-12-19-20(3)13-15/h12-14,16-18H,4-11H2,1-3H3. The van der Waals surface area contributed by atoms with Gasteiger partial charge in [0.2, 0.25) is 0 Å². The molecular formula is C17H31N3. The van der Waals surface area contributed by atoms with Crippen LogP contribution in [0.5, 0.6) is 0 Å². The van der Waals surface area contributed by atoms with Gasteiger partial charge < -0.3 is 5.32 Å². The van der Waals surface area contributed by atoms with E-state index in [4.69, 9.17) is 0 Å². The molecule has 0 aliphatic heterocycles. The third kappa shape index (κ3) is 4.34. The predicted octanol–water partition coefficient (Wildman–Crippen LogP) is 3.55. The summed E-state index contributed by atoms with van der Waals surface area (Å²) >= 11 is 0. The molecule has 0 spiro atoms. The highest BCUT2D eigenvalue weighted by Crippen LogP contribution is 2.34. The maximum Gasteiger partial charge on any atom is 0.0521 e. The molecule has 3 nitrogen and oxygen atoms in total. The van der Waals surface area contributed by atoms with Crippen LogP contribution in [-0.4, -0.2) is 22.4 Å². The lowest BCUT2D eigenvalue weighted by atomic mass is 9.74. The summed E-state index contributed by atoms with van der Waals surface area (Å²) in [7, 11) is 2.00. The topological polar surface area (TPSA) is 29.9 Å². The minimum Gasteiger partial charge on any atom is -0.314 e. The Morgan fingerprint density at radius 2 is 2.15 bits per heavy atom. The molecule has 0 aromatic carbocycles. The SMILES string of the molecule is CCCC1CCC(NCC)C(CCc2cnn(C)c2)C1. The quantitative estimate of drug-likeness (QED) is 0.826. The highest BCUT2D eigenvalue weighted by Gasteiger charge is 2.29. The summed E-state index contributed by atoms with van der Waals surface area (Å²) in [6, 6.07) is 0.741. The number of nitrogens with one attached hydrogen (secondary N) is 1. The van der Waals surface area contributed by atoms with Crippen molar-refractivity contribution < 1.29 is 0 Å². The molecule has 0 saturated heterocycles. The molecule has 3 heteroatoms. The molecule has 1 fully saturated rings. The van der Waals surface area contributed by atoms with Crippen LogP contribution in [0.25, 0.3) is 0 Å². The van der Waals surface area contributed by atoms with Gasteiger partial charge in [0.25, 0.3) is 0 Å². The molecule has 1 aliphatic rings. The zero-order chi connectivity index (χ0) is 14.4. The molecule has 20 heavy (non-hydrogen) atoms. The lowest BCUT2D eigenvalue weighted by Gasteiger charge is -2.37. The number of rotatable bonds is 7. The summed E-state index contributed by atoms with van der Waals surface area (Å²) in [6.45, 7) is 5.66. The van der Waals surface area contributed by atoms with Crippen LogP contribution in [0.4, 0.5) is 0 Å². The second-order valence-electron chi connectivity index (χ2n) is 6.45. The Kier molecular flexibility index (Phi) is 6.08. The Hall–Kier alpha value is -0.830. The fraction of sp³-hybridized carbons (Fsp3) is 0.824. The van der Waals surface area contributed by atoms with Gasteiger partial charge in [0.05, 0.1) is 6.20 Å². The van der Waals surface area contributed by atoms with Crippen molar-refractivity contribution in [2.24, 2.45) is 18.9 Å². The Morgan fingerprint density at radius 1 is 1.30 bits per heavy atom. The summed E-state index contributed by atoms with van der Waals surface area (Å²) in [5.41, 5.74) is 1.39. The van der Waals surface area contributed by atoms with Crippen molar-refractivity contribution >= 4 is 0 Å². The van der Waals surface area contributed by atoms with E-state index < -0.39 is 0 Å². The summed E-state index contributed by atoms with van der Waals surface area (Å²) in [5, 5.41) is 8.00. The summed E-state index contributed by atoms with van der Waals surface area (Å²) < 4.78 is 1.91. The van der Waals surface area contributed by atoms with Gasteiger partial charge in [0.1, 0.15) is 0 Å². The van der Waals surface area contributed by atoms with E-state index in [9.17, 15) is 0 Å². The van der Waals surface area contributed by atoms with E-state index in [0.717, 1.165) is 24.4 Å². The van der Waals surface area contributed by atoms with Crippen molar-refractivity contribution in [1.82, 2.24) is 15.1 Å². The molecule has 1 heterocycles. The van der Waals surface area contributed by atoms with Gasteiger partial charge in [0, 0.05) is 19.3 Å². The van der Waals surface area contributed by atoms with Crippen LogP contribution >= 0.6 is 0 Å². The molecule has 3 atom stereocenters. The Balaban J connectivity index is 1.88. The molecular weight excluding hydrogens is 246 g/mol. The molecule has 1 N–H and O–H groups in total. The first-order chi connectivity index (χ1) is 9.72. The largest absolute Gasteiger partial charge is 0.314 e. The average molecular weight is 277 g/mol. The van der Waals surface area contributed by atoms with E-state index in [1.165, 1.54) is 50.5 Å². The number of nitrogens with zero attached hydrogens (tertiary/aromatic N) is 2. The molecule has 3 unspecified atom stereocenters. The third-order valence-electron chi connectivity index (χ3n) is 4.82. The van der Waals surface area contributed by atoms with Gasteiger partial charge >= 0.3 is 0 Å². The second-order valence-corrected chi connectivity index (χ2v) is 6.45. The van der Waals surface area contributed by atoms with E-state index in [-0.39, 0.29) is 0 Å². The Bertz CT molecular complexity index is 385. The van der Waals surface area contributed by atoms with Gasteiger partial charge in [0.15, 0.2) is 0 Å². The van der Waals surface area contributed by atoms with Crippen molar-refractivity contribution in [3.05, 3.63) is 18.0 Å². The van der Waals surface area contributed by atoms with Crippen LogP contribution in [0.15, 0.2) is 12.4 Å². The number of hydrogen-bond acceptors (Lipinski definition) is 2. The van der Waals surface area contributed by atoms with Gasteiger partial charge in [-0.2, -0.15) is 5.10 Å². The third-order valence-corrected chi connectivity index (χ3v) is 4.82. The van der Waals surface area contributed by atoms with E-state index in [1.807, 2.05) is 17.9 Å². The number of aromatic nitrogens is 2. The van der Waals surface area contributed by atoms with Crippen molar-refractivity contribution in [1.29, 1.82) is 0 Å². The van der Waals surface area contributed by atoms with Gasteiger partial charge in [-0.05, 0) is 56.0 Å². The van der Waals surface area contributed by atoms with Crippen LogP contribution in [0.3, 0.4) is 0 Å². The minimum atomic E-state index is 0.741. The first-order valence-electron chi connectivity index (χ1n) is 8.43. The van der Waals surface area contributed by atoms with E-state index in [2.05, 4.69) is 30.5 Å². The molecule has 2 rings (SSSR count). The first kappa shape index (κ1) is 15.6. The maximum atomic E-state index is 4.28. The lowest BCUT2D eigenvalue weighted by Crippen LogP contribution is -2.40. The number of hydrogen-bond donors (Lipinski definition) is 1. The molecule has 0 amide bonds. The van der Waals surface area contributed by atoms with Crippen LogP contribution < -0.4 is 5.32 Å². The fourth-order valence-corrected chi connectivity index (χ4v) is 3.83. The van der Waals surface area contributed by atoms with Crippen LogP contribution in [0.2, 0.25) is 0 Å². The molecule has 0 bridgehead atoms. The first-order valence-corrected chi connectivity index (χ1v) is 8.43. The highest BCUT2D eigenvalue weighted by molar-refractivity contribution is 5.04. The predicted molar refractivity (Wildman–Crippen MR) is 84.7 cm³/mol. The van der Waals surface area contributed by atoms with Crippen LogP contribution in [-0.2, 0) is 13.5 Å². The van der Waals surface area contributed by atoms with Crippen LogP contribution in [0.1, 0.15) is 57.9 Å². The zero-order valence-electron chi connectivity index (χ0n) is 13.4. The van der Waals surface area contributed by atoms with Crippen molar-refractivity contribution in [2.45, 2.75) is 64.8 Å². The molecule has 1 aromatic heterocycles. The van der Waals surface area contributed by atoms with Crippen molar-refractivity contribution in [3.8, 4) is 0 Å². The molecule has 0 radical (unpaired) electrons. The summed E-state index contributed by atoms with van der Waals surface area (Å²) in [5.74, 6) is 1.81. The average Bonchev–Trinajstić information content (AvgIpc) is 2.85. The highest BCUT2D eigenvalue weighted by atomic mass is 15.2. The van der Waals surface area contributed by atoms with Gasteiger partial charge in [-0.1, -0.05) is 26.7 Å². The Morgan fingerprint density at radius 3 is 2.80 bits per heavy atom. The van der Waals surface area contributed by atoms with Crippen molar-refractivity contribution in [3.63, 3.8) is 0 Å². The van der Waals surface area contributed by atoms with Gasteiger partial charge in [-0.3, -0.25) is 4.68 Å². The molecule has 114 valence electrons. The summed E-state index contributed by atoms with van der Waals surface area (Å²) in [4.78, 5) is 0. The van der Waals surface area contributed by atoms with E-state index in [0.29, 0.717) is 0 Å². The van der Waals surface area contributed by atoms with Crippen LogP contribution in [0, 0.1) is 11.8 Å². The minimum absolute atomic E-state index is 0.741. The molecule has 1 saturated carbocycles. The smallest absolute Gasteiger partial charge is 0.0521 e. The number of aryl methyl sites for hydroxylation is 2. The van der Waals surface area contributed by atoms with Crippen molar-refractivity contribution in [2.75, 3.05) is 6.54 Å².